The molecule has 18 rings (SSSR count). The molecule has 0 fully saturated rings. The summed E-state index contributed by atoms with van der Waals surface area (Å²) in [6.07, 6.45) is 0. The van der Waals surface area contributed by atoms with Crippen LogP contribution >= 0.6 is 0 Å². The fourth-order valence-corrected chi connectivity index (χ4v) is 15.3. The maximum atomic E-state index is 2.66. The van der Waals surface area contributed by atoms with Gasteiger partial charge in [0, 0.05) is 45.0 Å². The molecule has 0 bridgehead atoms. The number of benzene rings is 16. The van der Waals surface area contributed by atoms with Crippen molar-refractivity contribution < 1.29 is 0 Å². The van der Waals surface area contributed by atoms with E-state index in [-0.39, 0.29) is 6.71 Å². The Morgan fingerprint density at radius 1 is 0.198 bits per heavy atom. The van der Waals surface area contributed by atoms with Crippen LogP contribution in [0.5, 0.6) is 0 Å². The number of hydrogen-bond donors (Lipinski definition) is 0. The van der Waals surface area contributed by atoms with Gasteiger partial charge in [0.25, 0.3) is 6.71 Å². The van der Waals surface area contributed by atoms with Gasteiger partial charge in [0.2, 0.25) is 0 Å². The second-order valence-corrected chi connectivity index (χ2v) is 24.1. The minimum Gasteiger partial charge on any atom is -0.310 e. The highest BCUT2D eigenvalue weighted by molar-refractivity contribution is 7.00. The lowest BCUT2D eigenvalue weighted by Gasteiger charge is -2.45. The Bertz CT molecular complexity index is 5360. The predicted octanol–water partition coefficient (Wildman–Crippen LogP) is 22.1. The number of fused-ring (bicyclic) bond motifs is 9. The molecule has 0 aromatic heterocycles. The smallest absolute Gasteiger partial charge is 0.252 e. The molecule has 2 nitrogen and oxygen atoms in total. The molecule has 0 atom stereocenters. The van der Waals surface area contributed by atoms with E-state index < -0.39 is 0 Å². The first-order chi connectivity index (χ1) is 45.2. The Morgan fingerprint density at radius 2 is 0.593 bits per heavy atom. The molecule has 0 saturated carbocycles. The van der Waals surface area contributed by atoms with Crippen LogP contribution in [0.4, 0.5) is 34.1 Å². The Hall–Kier alpha value is -11.8. The van der Waals surface area contributed by atoms with E-state index in [1.165, 1.54) is 87.3 Å². The van der Waals surface area contributed by atoms with E-state index in [4.69, 9.17) is 0 Å². The standard InChI is InChI=1S/C88H57BN2/c1-6-27-58(28-7-1)63-52-54-80-79(56-63)89-78-53-51-65(84-73-41-20-22-43-75(73)85(76-44-23-21-42-74(76)84)77-55-64-37-16-17-38-66(64)71-39-18-19-40-72(71)77)57-83(78)91(88-69(61-33-12-4-13-34-61)47-25-48-70(88)62-35-14-5-15-36-62)82-50-26-49-81(86(82)89)90(80)87-67(59-29-8-2-9-30-59)45-24-46-68(87)60-31-10-3-11-32-60/h1-57H. The lowest BCUT2D eigenvalue weighted by Crippen LogP contribution is -2.61. The van der Waals surface area contributed by atoms with Crippen molar-refractivity contribution in [3.8, 4) is 77.9 Å². The molecule has 2 aliphatic heterocycles. The van der Waals surface area contributed by atoms with Crippen molar-refractivity contribution in [2.75, 3.05) is 9.80 Å². The molecule has 0 unspecified atom stereocenters. The van der Waals surface area contributed by atoms with Gasteiger partial charge in [-0.15, -0.1) is 0 Å². The second-order valence-electron chi connectivity index (χ2n) is 24.1. The van der Waals surface area contributed by atoms with Crippen molar-refractivity contribution in [2.45, 2.75) is 0 Å². The molecule has 0 radical (unpaired) electrons. The van der Waals surface area contributed by atoms with Crippen molar-refractivity contribution in [1.82, 2.24) is 0 Å². The Balaban J connectivity index is 0.963. The van der Waals surface area contributed by atoms with E-state index in [0.717, 1.165) is 84.2 Å². The molecule has 0 saturated heterocycles. The van der Waals surface area contributed by atoms with E-state index in [2.05, 4.69) is 356 Å². The molecule has 422 valence electrons. The second kappa shape index (κ2) is 21.5. The van der Waals surface area contributed by atoms with Crippen LogP contribution in [0.15, 0.2) is 346 Å². The molecule has 2 aliphatic rings. The highest BCUT2D eigenvalue weighted by Gasteiger charge is 2.45. The van der Waals surface area contributed by atoms with E-state index in [9.17, 15) is 0 Å². The number of nitrogens with zero attached hydrogens (tertiary/aromatic N) is 2. The molecule has 0 aliphatic carbocycles. The molecule has 16 aromatic carbocycles. The quantitative estimate of drug-likeness (QED) is 0.0807. The monoisotopic (exact) mass is 1150 g/mol. The van der Waals surface area contributed by atoms with Crippen molar-refractivity contribution in [3.05, 3.63) is 346 Å². The van der Waals surface area contributed by atoms with Gasteiger partial charge in [-0.2, -0.15) is 0 Å². The molecule has 0 amide bonds. The van der Waals surface area contributed by atoms with Crippen molar-refractivity contribution in [2.24, 2.45) is 0 Å². The van der Waals surface area contributed by atoms with E-state index in [1.807, 2.05) is 0 Å². The number of hydrogen-bond acceptors (Lipinski definition) is 2. The van der Waals surface area contributed by atoms with Crippen LogP contribution < -0.4 is 26.2 Å². The lowest BCUT2D eigenvalue weighted by molar-refractivity contribution is 1.25. The molecule has 0 N–H and O–H groups in total. The third-order valence-corrected chi connectivity index (χ3v) is 19.2. The van der Waals surface area contributed by atoms with E-state index >= 15 is 0 Å². The third kappa shape index (κ3) is 8.43. The minimum absolute atomic E-state index is 0.174. The van der Waals surface area contributed by atoms with Crippen molar-refractivity contribution >= 4 is 100 Å². The molecule has 0 spiro atoms. The summed E-state index contributed by atoms with van der Waals surface area (Å²) in [6, 6.07) is 129. The summed E-state index contributed by atoms with van der Waals surface area (Å²) in [7, 11) is 0. The van der Waals surface area contributed by atoms with Gasteiger partial charge in [-0.05, 0) is 145 Å². The molecular weight excluding hydrogens is 1100 g/mol. The van der Waals surface area contributed by atoms with Crippen LogP contribution in [0.3, 0.4) is 0 Å². The van der Waals surface area contributed by atoms with Gasteiger partial charge in [-0.3, -0.25) is 0 Å². The average molecular weight is 1150 g/mol. The van der Waals surface area contributed by atoms with Gasteiger partial charge in [-0.25, -0.2) is 0 Å². The summed E-state index contributed by atoms with van der Waals surface area (Å²) in [5.74, 6) is 0. The SMILES string of the molecule is c1ccc(-c2ccc3c(c2)B2c4ccc(-c5c6ccccc6c(-c6cc7ccccc7c7ccccc67)c6ccccc56)cc4N(c4c(-c5ccccc5)cccc4-c4ccccc4)c4cccc(c42)N3c2c(-c3ccccc3)cccc2-c2ccccc2)cc1. The van der Waals surface area contributed by atoms with Crippen LogP contribution in [-0.4, -0.2) is 6.71 Å². The van der Waals surface area contributed by atoms with Gasteiger partial charge in [0.05, 0.1) is 11.4 Å². The third-order valence-electron chi connectivity index (χ3n) is 19.2. The van der Waals surface area contributed by atoms with E-state index in [1.54, 1.807) is 0 Å². The van der Waals surface area contributed by atoms with Gasteiger partial charge in [0.1, 0.15) is 0 Å². The fraction of sp³-hybridized carbons (Fsp3) is 0. The molecular formula is C88H57BN2. The average Bonchev–Trinajstić information content (AvgIpc) is 0.737. The van der Waals surface area contributed by atoms with Crippen molar-refractivity contribution in [1.29, 1.82) is 0 Å². The zero-order valence-corrected chi connectivity index (χ0v) is 49.9. The first kappa shape index (κ1) is 52.4. The van der Waals surface area contributed by atoms with Crippen LogP contribution in [-0.2, 0) is 0 Å². The predicted molar refractivity (Wildman–Crippen MR) is 389 cm³/mol. The molecule has 2 heterocycles. The van der Waals surface area contributed by atoms with Crippen LogP contribution in [0, 0.1) is 0 Å². The number of rotatable bonds is 9. The van der Waals surface area contributed by atoms with Crippen LogP contribution in [0.1, 0.15) is 0 Å². The molecule has 3 heteroatoms. The van der Waals surface area contributed by atoms with E-state index in [0.29, 0.717) is 0 Å². The lowest BCUT2D eigenvalue weighted by atomic mass is 9.33. The largest absolute Gasteiger partial charge is 0.310 e. The first-order valence-electron chi connectivity index (χ1n) is 31.6. The van der Waals surface area contributed by atoms with Gasteiger partial charge in [-0.1, -0.05) is 315 Å². The fourth-order valence-electron chi connectivity index (χ4n) is 15.3. The first-order valence-corrected chi connectivity index (χ1v) is 31.6. The zero-order chi connectivity index (χ0) is 59.9. The summed E-state index contributed by atoms with van der Waals surface area (Å²) in [6.45, 7) is -0.174. The Morgan fingerprint density at radius 3 is 1.10 bits per heavy atom. The minimum atomic E-state index is -0.174. The van der Waals surface area contributed by atoms with Crippen LogP contribution in [0.25, 0.3) is 121 Å². The maximum absolute atomic E-state index is 2.66. The van der Waals surface area contributed by atoms with Gasteiger partial charge in [0.15, 0.2) is 0 Å². The Labute approximate surface area is 530 Å². The number of anilines is 6. The normalized spacial score (nSPS) is 12.3. The summed E-state index contributed by atoms with van der Waals surface area (Å²) in [5.41, 5.74) is 27.1. The molecule has 91 heavy (non-hydrogen) atoms. The van der Waals surface area contributed by atoms with Gasteiger partial charge < -0.3 is 9.80 Å². The summed E-state index contributed by atoms with van der Waals surface area (Å²) < 4.78 is 0. The summed E-state index contributed by atoms with van der Waals surface area (Å²) >= 11 is 0. The topological polar surface area (TPSA) is 6.48 Å². The molecule has 16 aromatic rings. The number of para-hydroxylation sites is 2. The van der Waals surface area contributed by atoms with Crippen LogP contribution in [0.2, 0.25) is 0 Å². The highest BCUT2D eigenvalue weighted by atomic mass is 15.2. The summed E-state index contributed by atoms with van der Waals surface area (Å²) in [5, 5.41) is 9.89. The van der Waals surface area contributed by atoms with Crippen molar-refractivity contribution in [3.63, 3.8) is 0 Å². The van der Waals surface area contributed by atoms with Gasteiger partial charge >= 0.3 is 0 Å². The maximum Gasteiger partial charge on any atom is 0.252 e. The highest BCUT2D eigenvalue weighted by Crippen LogP contribution is 2.54. The zero-order valence-electron chi connectivity index (χ0n) is 49.9. The Kier molecular flexibility index (Phi) is 12.4. The summed E-state index contributed by atoms with van der Waals surface area (Å²) in [4.78, 5) is 5.27.